The van der Waals surface area contributed by atoms with Gasteiger partial charge in [-0.15, -0.1) is 11.3 Å². The number of β-amino-alcohol motifs (C(OH)–C–C–N with tert-alkyl or cyclic N) is 1. The van der Waals surface area contributed by atoms with Crippen LogP contribution in [0.5, 0.6) is 17.2 Å². The summed E-state index contributed by atoms with van der Waals surface area (Å²) < 4.78 is 16.4. The van der Waals surface area contributed by atoms with Crippen LogP contribution < -0.4 is 14.2 Å². The second-order valence-corrected chi connectivity index (χ2v) is 6.53. The SMILES string of the molecule is COc1ccc(O[C@@H]2CCN(C(=O)c3cncs3)C[C@H]2O)cc1OC. The number of piperidine rings is 1. The number of benzene rings is 1. The van der Waals surface area contributed by atoms with Gasteiger partial charge in [-0.2, -0.15) is 0 Å². The van der Waals surface area contributed by atoms with Crippen LogP contribution >= 0.6 is 11.3 Å². The summed E-state index contributed by atoms with van der Waals surface area (Å²) in [6.45, 7) is 0.750. The van der Waals surface area contributed by atoms with Crippen LogP contribution in [0, 0.1) is 0 Å². The van der Waals surface area contributed by atoms with Crippen LogP contribution in [-0.4, -0.2) is 60.4 Å². The Kier molecular flexibility index (Phi) is 5.40. The number of nitrogens with zero attached hydrogens (tertiary/aromatic N) is 2. The van der Waals surface area contributed by atoms with Gasteiger partial charge < -0.3 is 24.2 Å². The molecule has 3 rings (SSSR count). The highest BCUT2D eigenvalue weighted by Gasteiger charge is 2.32. The highest BCUT2D eigenvalue weighted by atomic mass is 32.1. The molecule has 8 heteroatoms. The lowest BCUT2D eigenvalue weighted by molar-refractivity contribution is -0.0198. The van der Waals surface area contributed by atoms with Gasteiger partial charge in [0.05, 0.1) is 32.5 Å². The maximum Gasteiger partial charge on any atom is 0.265 e. The number of carbonyl (C=O) groups excluding carboxylic acids is 1. The maximum absolute atomic E-state index is 12.3. The summed E-state index contributed by atoms with van der Waals surface area (Å²) in [6.07, 6.45) is 0.938. The Morgan fingerprint density at radius 3 is 2.76 bits per heavy atom. The molecule has 0 radical (unpaired) electrons. The van der Waals surface area contributed by atoms with Crippen LogP contribution in [0.2, 0.25) is 0 Å². The molecule has 1 aromatic carbocycles. The third-order valence-electron chi connectivity index (χ3n) is 4.09. The number of likely N-dealkylation sites (tertiary alicyclic amines) is 1. The number of aliphatic hydroxyl groups excluding tert-OH is 1. The molecule has 1 fully saturated rings. The molecule has 0 unspecified atom stereocenters. The lowest BCUT2D eigenvalue weighted by Gasteiger charge is -2.35. The number of aromatic nitrogens is 1. The molecule has 1 aromatic heterocycles. The lowest BCUT2D eigenvalue weighted by atomic mass is 10.0. The molecule has 2 atom stereocenters. The minimum atomic E-state index is -0.765. The van der Waals surface area contributed by atoms with E-state index in [2.05, 4.69) is 4.98 Å². The average Bonchev–Trinajstić information content (AvgIpc) is 3.17. The quantitative estimate of drug-likeness (QED) is 0.872. The molecule has 0 spiro atoms. The topological polar surface area (TPSA) is 81.1 Å². The van der Waals surface area contributed by atoms with E-state index in [1.165, 1.54) is 11.3 Å². The predicted octanol–water partition coefficient (Wildman–Crippen LogP) is 1.81. The van der Waals surface area contributed by atoms with Crippen LogP contribution in [0.3, 0.4) is 0 Å². The zero-order chi connectivity index (χ0) is 17.8. The molecule has 7 nitrogen and oxygen atoms in total. The molecule has 0 bridgehead atoms. The summed E-state index contributed by atoms with van der Waals surface area (Å²) in [5, 5.41) is 10.4. The maximum atomic E-state index is 12.3. The molecule has 134 valence electrons. The fourth-order valence-corrected chi connectivity index (χ4v) is 3.36. The highest BCUT2D eigenvalue weighted by Crippen LogP contribution is 2.32. The summed E-state index contributed by atoms with van der Waals surface area (Å²) in [6, 6.07) is 5.24. The molecule has 1 aliphatic heterocycles. The standard InChI is InChI=1S/C17H20N2O5S/c1-22-14-4-3-11(7-15(14)23-2)24-13-5-6-19(9-12(13)20)17(21)16-8-18-10-25-16/h3-4,7-8,10,12-13,20H,5-6,9H2,1-2H3/t12-,13-/m1/s1. The average molecular weight is 364 g/mol. The highest BCUT2D eigenvalue weighted by molar-refractivity contribution is 7.11. The van der Waals surface area contributed by atoms with Gasteiger partial charge in [-0.05, 0) is 12.1 Å². The number of thiazole rings is 1. The van der Waals surface area contributed by atoms with E-state index in [-0.39, 0.29) is 18.6 Å². The van der Waals surface area contributed by atoms with Crippen molar-refractivity contribution >= 4 is 17.2 Å². The molecule has 25 heavy (non-hydrogen) atoms. The van der Waals surface area contributed by atoms with Crippen LogP contribution in [-0.2, 0) is 0 Å². The van der Waals surface area contributed by atoms with Crippen LogP contribution in [0.4, 0.5) is 0 Å². The Hall–Kier alpha value is -2.32. The van der Waals surface area contributed by atoms with E-state index in [0.717, 1.165) is 0 Å². The fraction of sp³-hybridized carbons (Fsp3) is 0.412. The van der Waals surface area contributed by atoms with Gasteiger partial charge in [-0.1, -0.05) is 0 Å². The molecule has 1 saturated heterocycles. The smallest absolute Gasteiger partial charge is 0.265 e. The number of ether oxygens (including phenoxy) is 3. The van der Waals surface area contributed by atoms with Crippen molar-refractivity contribution in [1.29, 1.82) is 0 Å². The molecule has 0 aliphatic carbocycles. The summed E-state index contributed by atoms with van der Waals surface area (Å²) in [5.74, 6) is 1.66. The first-order valence-corrected chi connectivity index (χ1v) is 8.75. The second-order valence-electron chi connectivity index (χ2n) is 5.65. The van der Waals surface area contributed by atoms with Gasteiger partial charge in [-0.3, -0.25) is 9.78 Å². The Balaban J connectivity index is 1.63. The summed E-state index contributed by atoms with van der Waals surface area (Å²) >= 11 is 1.30. The predicted molar refractivity (Wildman–Crippen MR) is 92.6 cm³/mol. The third-order valence-corrected chi connectivity index (χ3v) is 4.85. The molecule has 1 aliphatic rings. The minimum Gasteiger partial charge on any atom is -0.493 e. The van der Waals surface area contributed by atoms with Crippen molar-refractivity contribution in [2.75, 3.05) is 27.3 Å². The van der Waals surface area contributed by atoms with Crippen molar-refractivity contribution < 1.29 is 24.1 Å². The van der Waals surface area contributed by atoms with Crippen LogP contribution in [0.25, 0.3) is 0 Å². The number of rotatable bonds is 5. The molecule has 1 amide bonds. The van der Waals surface area contributed by atoms with Crippen molar-refractivity contribution in [3.63, 3.8) is 0 Å². The monoisotopic (exact) mass is 364 g/mol. The first kappa shape index (κ1) is 17.5. The second kappa shape index (κ2) is 7.71. The number of aliphatic hydroxyl groups is 1. The first-order chi connectivity index (χ1) is 12.1. The van der Waals surface area contributed by atoms with Gasteiger partial charge in [0.25, 0.3) is 5.91 Å². The minimum absolute atomic E-state index is 0.105. The van der Waals surface area contributed by atoms with E-state index >= 15 is 0 Å². The van der Waals surface area contributed by atoms with E-state index < -0.39 is 6.10 Å². The van der Waals surface area contributed by atoms with Crippen molar-refractivity contribution in [3.8, 4) is 17.2 Å². The summed E-state index contributed by atoms with van der Waals surface area (Å²) in [5.41, 5.74) is 1.62. The number of hydrogen-bond donors (Lipinski definition) is 1. The van der Waals surface area contributed by atoms with Gasteiger partial charge in [0.2, 0.25) is 0 Å². The van der Waals surface area contributed by atoms with E-state index in [1.54, 1.807) is 49.0 Å². The first-order valence-electron chi connectivity index (χ1n) is 7.87. The normalized spacial score (nSPS) is 20.2. The van der Waals surface area contributed by atoms with Gasteiger partial charge in [0.15, 0.2) is 11.5 Å². The summed E-state index contributed by atoms with van der Waals surface area (Å²) in [7, 11) is 3.12. The number of amides is 1. The largest absolute Gasteiger partial charge is 0.493 e. The van der Waals surface area contributed by atoms with E-state index in [1.807, 2.05) is 0 Å². The van der Waals surface area contributed by atoms with Crippen molar-refractivity contribution in [1.82, 2.24) is 9.88 Å². The molecular formula is C17H20N2O5S. The number of hydrogen-bond acceptors (Lipinski definition) is 7. The Morgan fingerprint density at radius 2 is 2.12 bits per heavy atom. The molecule has 1 N–H and O–H groups in total. The Bertz CT molecular complexity index is 722. The van der Waals surface area contributed by atoms with E-state index in [4.69, 9.17) is 14.2 Å². The van der Waals surface area contributed by atoms with E-state index in [0.29, 0.717) is 35.1 Å². The van der Waals surface area contributed by atoms with Crippen molar-refractivity contribution in [2.45, 2.75) is 18.6 Å². The summed E-state index contributed by atoms with van der Waals surface area (Å²) in [4.78, 5) is 18.5. The van der Waals surface area contributed by atoms with Crippen molar-refractivity contribution in [3.05, 3.63) is 34.8 Å². The number of methoxy groups -OCH3 is 2. The van der Waals surface area contributed by atoms with Crippen LogP contribution in [0.1, 0.15) is 16.1 Å². The molecule has 2 aromatic rings. The van der Waals surface area contributed by atoms with Gasteiger partial charge >= 0.3 is 0 Å². The molecule has 0 saturated carbocycles. The Morgan fingerprint density at radius 1 is 1.32 bits per heavy atom. The third kappa shape index (κ3) is 3.85. The van der Waals surface area contributed by atoms with Crippen molar-refractivity contribution in [2.24, 2.45) is 0 Å². The van der Waals surface area contributed by atoms with E-state index in [9.17, 15) is 9.90 Å². The fourth-order valence-electron chi connectivity index (χ4n) is 2.77. The molecule has 2 heterocycles. The zero-order valence-corrected chi connectivity index (χ0v) is 14.9. The zero-order valence-electron chi connectivity index (χ0n) is 14.0. The lowest BCUT2D eigenvalue weighted by Crippen LogP contribution is -2.50. The number of carbonyl (C=O) groups is 1. The van der Waals surface area contributed by atoms with Gasteiger partial charge in [0.1, 0.15) is 22.8 Å². The van der Waals surface area contributed by atoms with Crippen LogP contribution in [0.15, 0.2) is 29.9 Å². The van der Waals surface area contributed by atoms with Gasteiger partial charge in [0, 0.05) is 19.0 Å². The van der Waals surface area contributed by atoms with Gasteiger partial charge in [-0.25, -0.2) is 0 Å². The molecular weight excluding hydrogens is 344 g/mol. The Labute approximate surface area is 149 Å².